The second-order valence-electron chi connectivity index (χ2n) is 3.97. The Bertz CT molecular complexity index is 643. The molecule has 1 aromatic carbocycles. The third kappa shape index (κ3) is 1.75. The molecule has 0 saturated heterocycles. The van der Waals surface area contributed by atoms with E-state index < -0.39 is 0 Å². The van der Waals surface area contributed by atoms with E-state index in [1.807, 2.05) is 42.6 Å². The van der Waals surface area contributed by atoms with Crippen molar-refractivity contribution in [1.82, 2.24) is 4.98 Å². The van der Waals surface area contributed by atoms with Gasteiger partial charge in [-0.3, -0.25) is 0 Å². The molecular weight excluding hydrogens is 232 g/mol. The molecule has 17 heavy (non-hydrogen) atoms. The summed E-state index contributed by atoms with van der Waals surface area (Å²) in [6.45, 7) is 2.01. The number of nitrogens with zero attached hydrogens (tertiary/aromatic N) is 1. The minimum absolute atomic E-state index is 0.276. The van der Waals surface area contributed by atoms with Crippen LogP contribution in [0.15, 0.2) is 40.1 Å². The van der Waals surface area contributed by atoms with E-state index in [9.17, 15) is 0 Å². The first-order valence-corrected chi connectivity index (χ1v) is 6.28. The molecule has 0 saturated carbocycles. The molecule has 3 nitrogen and oxygen atoms in total. The number of aromatic nitrogens is 1. The van der Waals surface area contributed by atoms with Gasteiger partial charge in [0.25, 0.3) is 0 Å². The summed E-state index contributed by atoms with van der Waals surface area (Å²) in [7, 11) is 0. The predicted molar refractivity (Wildman–Crippen MR) is 69.1 cm³/mol. The van der Waals surface area contributed by atoms with E-state index in [-0.39, 0.29) is 6.04 Å². The maximum Gasteiger partial charge on any atom is 0.217 e. The van der Waals surface area contributed by atoms with Gasteiger partial charge in [-0.1, -0.05) is 18.2 Å². The Kier molecular flexibility index (Phi) is 2.46. The van der Waals surface area contributed by atoms with E-state index in [0.717, 1.165) is 21.5 Å². The molecule has 0 fully saturated rings. The first kappa shape index (κ1) is 10.5. The summed E-state index contributed by atoms with van der Waals surface area (Å²) in [6, 6.07) is 9.62. The van der Waals surface area contributed by atoms with Crippen LogP contribution in [-0.2, 0) is 0 Å². The van der Waals surface area contributed by atoms with Crippen LogP contribution >= 0.6 is 11.3 Å². The molecular formula is C13H12N2OS. The van der Waals surface area contributed by atoms with Crippen molar-refractivity contribution in [2.24, 2.45) is 5.73 Å². The summed E-state index contributed by atoms with van der Waals surface area (Å²) in [5.41, 5.74) is 8.91. The number of aryl methyl sites for hydroxylation is 1. The molecule has 0 amide bonds. The van der Waals surface area contributed by atoms with Crippen LogP contribution in [0, 0.1) is 6.92 Å². The fourth-order valence-electron chi connectivity index (χ4n) is 1.83. The van der Waals surface area contributed by atoms with E-state index >= 15 is 0 Å². The Balaban J connectivity index is 2.10. The van der Waals surface area contributed by atoms with Gasteiger partial charge >= 0.3 is 0 Å². The van der Waals surface area contributed by atoms with Crippen LogP contribution in [0.4, 0.5) is 0 Å². The smallest absolute Gasteiger partial charge is 0.217 e. The SMILES string of the molecule is Cc1cccc2nc(C(N)c3cccs3)oc12. The lowest BCUT2D eigenvalue weighted by Crippen LogP contribution is -2.10. The van der Waals surface area contributed by atoms with Crippen LogP contribution in [0.2, 0.25) is 0 Å². The zero-order valence-corrected chi connectivity index (χ0v) is 10.2. The molecule has 0 aliphatic heterocycles. The zero-order chi connectivity index (χ0) is 11.8. The lowest BCUT2D eigenvalue weighted by Gasteiger charge is -2.02. The van der Waals surface area contributed by atoms with E-state index in [2.05, 4.69) is 4.98 Å². The number of nitrogens with two attached hydrogens (primary N) is 1. The Hall–Kier alpha value is -1.65. The number of benzene rings is 1. The van der Waals surface area contributed by atoms with Crippen molar-refractivity contribution < 1.29 is 4.42 Å². The number of hydrogen-bond acceptors (Lipinski definition) is 4. The first-order valence-electron chi connectivity index (χ1n) is 5.41. The third-order valence-electron chi connectivity index (χ3n) is 2.74. The second kappa shape index (κ2) is 3.98. The normalized spacial score (nSPS) is 13.1. The molecule has 2 aromatic heterocycles. The summed E-state index contributed by atoms with van der Waals surface area (Å²) < 4.78 is 5.75. The van der Waals surface area contributed by atoms with Crippen molar-refractivity contribution in [3.8, 4) is 0 Å². The highest BCUT2D eigenvalue weighted by atomic mass is 32.1. The van der Waals surface area contributed by atoms with Crippen LogP contribution in [0.1, 0.15) is 22.4 Å². The van der Waals surface area contributed by atoms with Crippen LogP contribution < -0.4 is 5.73 Å². The van der Waals surface area contributed by atoms with Gasteiger partial charge in [0.15, 0.2) is 5.58 Å². The standard InChI is InChI=1S/C13H12N2OS/c1-8-4-2-5-9-12(8)16-13(15-9)11(14)10-6-3-7-17-10/h2-7,11H,14H2,1H3. The van der Waals surface area contributed by atoms with Gasteiger partial charge in [-0.15, -0.1) is 11.3 Å². The fraction of sp³-hybridized carbons (Fsp3) is 0.154. The average molecular weight is 244 g/mol. The molecule has 2 N–H and O–H groups in total. The summed E-state index contributed by atoms with van der Waals surface area (Å²) in [6.07, 6.45) is 0. The summed E-state index contributed by atoms with van der Waals surface area (Å²) in [4.78, 5) is 5.51. The molecule has 4 heteroatoms. The van der Waals surface area contributed by atoms with Crippen molar-refractivity contribution in [2.45, 2.75) is 13.0 Å². The number of fused-ring (bicyclic) bond motifs is 1. The van der Waals surface area contributed by atoms with Gasteiger partial charge in [0.05, 0.1) is 0 Å². The van der Waals surface area contributed by atoms with Gasteiger partial charge in [0.2, 0.25) is 5.89 Å². The average Bonchev–Trinajstić information content (AvgIpc) is 2.98. The van der Waals surface area contributed by atoms with Crippen molar-refractivity contribution in [3.05, 3.63) is 52.0 Å². The van der Waals surface area contributed by atoms with Gasteiger partial charge in [-0.05, 0) is 30.0 Å². The highest BCUT2D eigenvalue weighted by Crippen LogP contribution is 2.27. The van der Waals surface area contributed by atoms with E-state index in [1.165, 1.54) is 0 Å². The molecule has 0 aliphatic carbocycles. The van der Waals surface area contributed by atoms with Crippen molar-refractivity contribution in [1.29, 1.82) is 0 Å². The molecule has 86 valence electrons. The van der Waals surface area contributed by atoms with Gasteiger partial charge in [-0.25, -0.2) is 4.98 Å². The fourth-order valence-corrected chi connectivity index (χ4v) is 2.55. The molecule has 0 aliphatic rings. The predicted octanol–water partition coefficient (Wildman–Crippen LogP) is 3.25. The Morgan fingerprint density at radius 1 is 1.29 bits per heavy atom. The van der Waals surface area contributed by atoms with Gasteiger partial charge in [0, 0.05) is 4.88 Å². The largest absolute Gasteiger partial charge is 0.438 e. The molecule has 3 rings (SSSR count). The molecule has 0 radical (unpaired) electrons. The van der Waals surface area contributed by atoms with Crippen molar-refractivity contribution in [2.75, 3.05) is 0 Å². The molecule has 1 atom stereocenters. The zero-order valence-electron chi connectivity index (χ0n) is 9.38. The summed E-state index contributed by atoms with van der Waals surface area (Å²) >= 11 is 1.61. The highest BCUT2D eigenvalue weighted by Gasteiger charge is 2.17. The summed E-state index contributed by atoms with van der Waals surface area (Å²) in [5, 5.41) is 2.00. The lowest BCUT2D eigenvalue weighted by atomic mass is 10.2. The van der Waals surface area contributed by atoms with Crippen LogP contribution in [-0.4, -0.2) is 4.98 Å². The minimum atomic E-state index is -0.276. The maximum absolute atomic E-state index is 6.13. The number of para-hydroxylation sites is 1. The van der Waals surface area contributed by atoms with Crippen LogP contribution in [0.5, 0.6) is 0 Å². The topological polar surface area (TPSA) is 52.0 Å². The number of oxazole rings is 1. The quantitative estimate of drug-likeness (QED) is 0.752. The number of thiophene rings is 1. The van der Waals surface area contributed by atoms with Crippen LogP contribution in [0.3, 0.4) is 0 Å². The molecule has 0 bridgehead atoms. The number of rotatable bonds is 2. The highest BCUT2D eigenvalue weighted by molar-refractivity contribution is 7.10. The van der Waals surface area contributed by atoms with Gasteiger partial charge in [-0.2, -0.15) is 0 Å². The first-order chi connectivity index (χ1) is 8.25. The maximum atomic E-state index is 6.13. The molecule has 1 unspecified atom stereocenters. The Labute approximate surface area is 103 Å². The Morgan fingerprint density at radius 2 is 2.18 bits per heavy atom. The molecule has 3 aromatic rings. The van der Waals surface area contributed by atoms with Gasteiger partial charge < -0.3 is 10.2 Å². The van der Waals surface area contributed by atoms with Crippen LogP contribution in [0.25, 0.3) is 11.1 Å². The van der Waals surface area contributed by atoms with E-state index in [1.54, 1.807) is 11.3 Å². The Morgan fingerprint density at radius 3 is 2.88 bits per heavy atom. The minimum Gasteiger partial charge on any atom is -0.438 e. The monoisotopic (exact) mass is 244 g/mol. The van der Waals surface area contributed by atoms with E-state index in [4.69, 9.17) is 10.2 Å². The summed E-state index contributed by atoms with van der Waals surface area (Å²) in [5.74, 6) is 0.580. The van der Waals surface area contributed by atoms with Gasteiger partial charge in [0.1, 0.15) is 11.6 Å². The molecule has 2 heterocycles. The lowest BCUT2D eigenvalue weighted by molar-refractivity contribution is 0.506. The van der Waals surface area contributed by atoms with Crippen molar-refractivity contribution >= 4 is 22.4 Å². The third-order valence-corrected chi connectivity index (χ3v) is 3.70. The van der Waals surface area contributed by atoms with E-state index in [0.29, 0.717) is 5.89 Å². The van der Waals surface area contributed by atoms with Crippen molar-refractivity contribution in [3.63, 3.8) is 0 Å². The number of hydrogen-bond donors (Lipinski definition) is 1. The molecule has 0 spiro atoms. The second-order valence-corrected chi connectivity index (χ2v) is 4.95.